The lowest BCUT2D eigenvalue weighted by Gasteiger charge is -2.10. The normalized spacial score (nSPS) is 10.8. The Bertz CT molecular complexity index is 1100. The van der Waals surface area contributed by atoms with Crippen molar-refractivity contribution in [1.82, 2.24) is 19.6 Å². The predicted octanol–water partition coefficient (Wildman–Crippen LogP) is 2.71. The molecule has 0 atom stereocenters. The van der Waals surface area contributed by atoms with E-state index in [1.54, 1.807) is 7.11 Å². The predicted molar refractivity (Wildman–Crippen MR) is 99.4 cm³/mol. The van der Waals surface area contributed by atoms with Gasteiger partial charge < -0.3 is 15.0 Å². The molecule has 0 aliphatic carbocycles. The number of ether oxygens (including phenoxy) is 1. The van der Waals surface area contributed by atoms with E-state index in [0.29, 0.717) is 23.8 Å². The van der Waals surface area contributed by atoms with Crippen molar-refractivity contribution < 1.29 is 4.74 Å². The van der Waals surface area contributed by atoms with Crippen LogP contribution in [0.4, 0.5) is 5.69 Å². The van der Waals surface area contributed by atoms with Crippen LogP contribution >= 0.6 is 0 Å². The molecular weight excluding hydrogens is 330 g/mol. The lowest BCUT2D eigenvalue weighted by atomic mass is 10.2. The number of aromatic amines is 1. The van der Waals surface area contributed by atoms with Crippen LogP contribution in [0.5, 0.6) is 5.75 Å². The second kappa shape index (κ2) is 6.72. The Morgan fingerprint density at radius 1 is 1.12 bits per heavy atom. The fraction of sp³-hybridized carbons (Fsp3) is 0.105. The summed E-state index contributed by atoms with van der Waals surface area (Å²) in [6.45, 7) is 0.430. The molecule has 7 heteroatoms. The number of benzene rings is 2. The average Bonchev–Trinajstić information content (AvgIpc) is 3.12. The van der Waals surface area contributed by atoms with Gasteiger partial charge in [0.2, 0.25) is 5.78 Å². The Morgan fingerprint density at radius 3 is 2.69 bits per heavy atom. The summed E-state index contributed by atoms with van der Waals surface area (Å²) in [4.78, 5) is 20.0. The van der Waals surface area contributed by atoms with Gasteiger partial charge in [-0.05, 0) is 12.1 Å². The summed E-state index contributed by atoms with van der Waals surface area (Å²) >= 11 is 0. The molecule has 26 heavy (non-hydrogen) atoms. The molecule has 0 saturated carbocycles. The Labute approximate surface area is 149 Å². The first-order valence-corrected chi connectivity index (χ1v) is 8.16. The maximum atomic E-state index is 12.4. The minimum absolute atomic E-state index is 0.231. The smallest absolute Gasteiger partial charge is 0.275 e. The molecule has 4 rings (SSSR count). The van der Waals surface area contributed by atoms with Crippen LogP contribution in [0.15, 0.2) is 65.5 Å². The first kappa shape index (κ1) is 15.9. The molecule has 0 aliphatic heterocycles. The number of hydrogen-bond acceptors (Lipinski definition) is 5. The van der Waals surface area contributed by atoms with Gasteiger partial charge in [-0.25, -0.2) is 0 Å². The molecule has 2 aromatic carbocycles. The van der Waals surface area contributed by atoms with Gasteiger partial charge in [0.15, 0.2) is 5.82 Å². The molecule has 130 valence electrons. The number of nitrogens with zero attached hydrogens (tertiary/aromatic N) is 3. The van der Waals surface area contributed by atoms with Gasteiger partial charge >= 0.3 is 0 Å². The zero-order valence-electron chi connectivity index (χ0n) is 14.1. The van der Waals surface area contributed by atoms with Gasteiger partial charge in [0.25, 0.3) is 5.56 Å². The number of nitrogens with one attached hydrogen (secondary N) is 2. The van der Waals surface area contributed by atoms with Crippen LogP contribution < -0.4 is 15.6 Å². The van der Waals surface area contributed by atoms with Gasteiger partial charge in [-0.15, -0.1) is 5.10 Å². The van der Waals surface area contributed by atoms with Gasteiger partial charge in [-0.1, -0.05) is 42.5 Å². The molecule has 0 aliphatic rings. The lowest BCUT2D eigenvalue weighted by molar-refractivity contribution is 0.416. The summed E-state index contributed by atoms with van der Waals surface area (Å²) in [5.74, 6) is 1.66. The molecule has 0 unspecified atom stereocenters. The van der Waals surface area contributed by atoms with Crippen molar-refractivity contribution in [2.24, 2.45) is 0 Å². The van der Waals surface area contributed by atoms with E-state index in [0.717, 1.165) is 17.0 Å². The molecule has 0 fully saturated rings. The van der Waals surface area contributed by atoms with E-state index < -0.39 is 0 Å². The van der Waals surface area contributed by atoms with Crippen molar-refractivity contribution in [3.63, 3.8) is 0 Å². The summed E-state index contributed by atoms with van der Waals surface area (Å²) in [6.07, 6.45) is 0. The van der Waals surface area contributed by atoms with Crippen LogP contribution in [0, 0.1) is 0 Å². The molecule has 2 N–H and O–H groups in total. The van der Waals surface area contributed by atoms with Gasteiger partial charge in [0, 0.05) is 17.3 Å². The van der Waals surface area contributed by atoms with E-state index >= 15 is 0 Å². The van der Waals surface area contributed by atoms with E-state index in [1.165, 1.54) is 10.6 Å². The fourth-order valence-electron chi connectivity index (χ4n) is 2.72. The summed E-state index contributed by atoms with van der Waals surface area (Å²) in [7, 11) is 1.62. The number of hydrogen-bond donors (Lipinski definition) is 2. The lowest BCUT2D eigenvalue weighted by Crippen LogP contribution is -2.17. The Balaban J connectivity index is 1.64. The van der Waals surface area contributed by atoms with Crippen LogP contribution in [0.2, 0.25) is 0 Å². The van der Waals surface area contributed by atoms with Gasteiger partial charge in [0.1, 0.15) is 5.75 Å². The van der Waals surface area contributed by atoms with Crippen molar-refractivity contribution >= 4 is 11.5 Å². The number of para-hydroxylation sites is 2. The zero-order valence-corrected chi connectivity index (χ0v) is 14.1. The van der Waals surface area contributed by atoms with Crippen LogP contribution in [0.1, 0.15) is 5.69 Å². The number of fused-ring (bicyclic) bond motifs is 1. The van der Waals surface area contributed by atoms with E-state index in [2.05, 4.69) is 20.4 Å². The molecule has 2 heterocycles. The Morgan fingerprint density at radius 2 is 1.88 bits per heavy atom. The van der Waals surface area contributed by atoms with Gasteiger partial charge in [0.05, 0.1) is 19.3 Å². The first-order chi connectivity index (χ1) is 12.7. The van der Waals surface area contributed by atoms with Crippen molar-refractivity contribution in [3.8, 4) is 17.1 Å². The highest BCUT2D eigenvalue weighted by atomic mass is 16.5. The minimum Gasteiger partial charge on any atom is -0.495 e. The van der Waals surface area contributed by atoms with Crippen molar-refractivity contribution in [3.05, 3.63) is 76.7 Å². The molecule has 7 nitrogen and oxygen atoms in total. The summed E-state index contributed by atoms with van der Waals surface area (Å²) in [6, 6.07) is 18.7. The van der Waals surface area contributed by atoms with Gasteiger partial charge in [-0.3, -0.25) is 4.79 Å². The molecule has 0 bridgehead atoms. The Hall–Kier alpha value is -3.61. The topological polar surface area (TPSA) is 84.3 Å². The largest absolute Gasteiger partial charge is 0.495 e. The van der Waals surface area contributed by atoms with Crippen molar-refractivity contribution in [2.75, 3.05) is 12.4 Å². The number of anilines is 1. The van der Waals surface area contributed by atoms with Crippen LogP contribution in [0.3, 0.4) is 0 Å². The maximum Gasteiger partial charge on any atom is 0.275 e. The number of aromatic nitrogens is 4. The van der Waals surface area contributed by atoms with E-state index in [9.17, 15) is 4.79 Å². The summed E-state index contributed by atoms with van der Waals surface area (Å²) in [5, 5.41) is 7.55. The number of methoxy groups -OCH3 is 1. The third-order valence-electron chi connectivity index (χ3n) is 3.99. The molecule has 0 spiro atoms. The first-order valence-electron chi connectivity index (χ1n) is 8.16. The summed E-state index contributed by atoms with van der Waals surface area (Å²) < 4.78 is 6.59. The van der Waals surface area contributed by atoms with Crippen molar-refractivity contribution in [1.29, 1.82) is 0 Å². The number of H-pyrrole nitrogens is 1. The second-order valence-corrected chi connectivity index (χ2v) is 5.72. The van der Waals surface area contributed by atoms with Crippen LogP contribution in [-0.4, -0.2) is 26.7 Å². The maximum absolute atomic E-state index is 12.4. The SMILES string of the molecule is COc1ccccc1NCc1cc(=O)n2nc(-c3ccccc3)nc2[nH]1. The Kier molecular flexibility index (Phi) is 4.10. The molecule has 0 saturated heterocycles. The standard InChI is InChI=1S/C19H17N5O2/c1-26-16-10-6-5-9-15(16)20-12-14-11-17(25)24-19(21-14)22-18(23-24)13-7-3-2-4-8-13/h2-11,20H,12H2,1H3,(H,21,22,23). The highest BCUT2D eigenvalue weighted by molar-refractivity contribution is 5.57. The molecule has 0 amide bonds. The minimum atomic E-state index is -0.231. The highest BCUT2D eigenvalue weighted by Crippen LogP contribution is 2.23. The highest BCUT2D eigenvalue weighted by Gasteiger charge is 2.10. The zero-order chi connectivity index (χ0) is 17.9. The molecule has 4 aromatic rings. The van der Waals surface area contributed by atoms with Crippen LogP contribution in [0.25, 0.3) is 17.2 Å². The number of rotatable bonds is 5. The molecule has 2 aromatic heterocycles. The van der Waals surface area contributed by atoms with Crippen molar-refractivity contribution in [2.45, 2.75) is 6.54 Å². The molecular formula is C19H17N5O2. The van der Waals surface area contributed by atoms with Crippen LogP contribution in [-0.2, 0) is 6.54 Å². The monoisotopic (exact) mass is 347 g/mol. The molecule has 0 radical (unpaired) electrons. The second-order valence-electron chi connectivity index (χ2n) is 5.72. The average molecular weight is 347 g/mol. The summed E-state index contributed by atoms with van der Waals surface area (Å²) in [5.41, 5.74) is 2.19. The van der Waals surface area contributed by atoms with Gasteiger partial charge in [-0.2, -0.15) is 9.50 Å². The third kappa shape index (κ3) is 3.02. The third-order valence-corrected chi connectivity index (χ3v) is 3.99. The van der Waals surface area contributed by atoms with E-state index in [1.807, 2.05) is 54.6 Å². The fourth-order valence-corrected chi connectivity index (χ4v) is 2.72. The van der Waals surface area contributed by atoms with E-state index in [-0.39, 0.29) is 5.56 Å². The van der Waals surface area contributed by atoms with E-state index in [4.69, 9.17) is 4.74 Å². The quantitative estimate of drug-likeness (QED) is 0.580.